The van der Waals surface area contributed by atoms with Crippen LogP contribution in [-0.4, -0.2) is 77.5 Å². The Hall–Kier alpha value is -3.53. The molecule has 0 aliphatic heterocycles. The second-order valence-electron chi connectivity index (χ2n) is 13.3. The third-order valence-corrected chi connectivity index (χ3v) is 8.61. The Labute approximate surface area is 265 Å². The number of carbonyl (C=O) groups excluding carboxylic acids is 3. The highest BCUT2D eigenvalue weighted by Gasteiger charge is 2.35. The van der Waals surface area contributed by atoms with Gasteiger partial charge in [0.1, 0.15) is 12.1 Å². The van der Waals surface area contributed by atoms with Gasteiger partial charge in [-0.2, -0.15) is 0 Å². The molecule has 0 aliphatic carbocycles. The van der Waals surface area contributed by atoms with Crippen LogP contribution in [-0.2, 0) is 27.2 Å². The molecule has 0 bridgehead atoms. The number of amides is 3. The van der Waals surface area contributed by atoms with Gasteiger partial charge in [0.25, 0.3) is 0 Å². The lowest BCUT2D eigenvalue weighted by Gasteiger charge is -2.35. The van der Waals surface area contributed by atoms with E-state index in [1.54, 1.807) is 20.2 Å². The average molecular weight is 621 g/mol. The fraction of sp³-hybridized carbons (Fsp3) is 0.457. The fourth-order valence-corrected chi connectivity index (χ4v) is 5.87. The number of thiophene rings is 1. The molecule has 0 radical (unpaired) electrons. The fourth-order valence-electron chi connectivity index (χ4n) is 5.13. The Morgan fingerprint density at radius 3 is 2.25 bits per heavy atom. The molecule has 1 heterocycles. The van der Waals surface area contributed by atoms with E-state index in [0.29, 0.717) is 12.8 Å². The van der Waals surface area contributed by atoms with Crippen LogP contribution in [0.5, 0.6) is 0 Å². The molecule has 3 aromatic rings. The summed E-state index contributed by atoms with van der Waals surface area (Å²) < 4.78 is 0. The number of nitrogens with zero attached hydrogens (tertiary/aromatic N) is 2. The zero-order valence-electron chi connectivity index (χ0n) is 27.1. The van der Waals surface area contributed by atoms with Gasteiger partial charge in [-0.15, -0.1) is 11.3 Å². The average Bonchev–Trinajstić information content (AvgIpc) is 3.48. The van der Waals surface area contributed by atoms with E-state index in [2.05, 4.69) is 5.32 Å². The predicted octanol–water partition coefficient (Wildman–Crippen LogP) is 4.55. The van der Waals surface area contributed by atoms with Crippen LogP contribution >= 0.6 is 11.3 Å². The van der Waals surface area contributed by atoms with Gasteiger partial charge in [0.2, 0.25) is 17.7 Å². The van der Waals surface area contributed by atoms with E-state index in [1.807, 2.05) is 94.6 Å². The molecular weight excluding hydrogens is 572 g/mol. The quantitative estimate of drug-likeness (QED) is 0.229. The highest BCUT2D eigenvalue weighted by atomic mass is 32.1. The number of hydrogen-bond donors (Lipinski definition) is 3. The maximum absolute atomic E-state index is 14.4. The summed E-state index contributed by atoms with van der Waals surface area (Å²) in [6, 6.07) is 16.2. The number of likely N-dealkylation sites (N-methyl/N-ethyl adjacent to an activating group) is 2. The first kappa shape index (κ1) is 35.0. The molecule has 0 fully saturated rings. The van der Waals surface area contributed by atoms with Gasteiger partial charge in [-0.25, -0.2) is 0 Å². The maximum atomic E-state index is 14.4. The molecule has 4 N–H and O–H groups in total. The number of nitrogens with one attached hydrogen (secondary N) is 1. The van der Waals surface area contributed by atoms with Crippen molar-refractivity contribution < 1.29 is 19.5 Å². The maximum Gasteiger partial charge on any atom is 0.246 e. The Balaban J connectivity index is 1.97. The minimum Gasteiger partial charge on any atom is -0.396 e. The first-order valence-electron chi connectivity index (χ1n) is 15.0. The third-order valence-electron chi connectivity index (χ3n) is 7.71. The number of carbonyl (C=O) groups is 3. The first-order valence-corrected chi connectivity index (χ1v) is 15.9. The molecule has 0 saturated carbocycles. The van der Waals surface area contributed by atoms with Crippen LogP contribution in [0.15, 0.2) is 71.6 Å². The number of aliphatic hydroxyl groups is 1. The highest BCUT2D eigenvalue weighted by Crippen LogP contribution is 2.22. The lowest BCUT2D eigenvalue weighted by molar-refractivity contribution is -0.146. The summed E-state index contributed by atoms with van der Waals surface area (Å²) in [6.07, 6.45) is 2.68. The Morgan fingerprint density at radius 2 is 1.64 bits per heavy atom. The van der Waals surface area contributed by atoms with Crippen molar-refractivity contribution in [2.45, 2.75) is 71.5 Å². The summed E-state index contributed by atoms with van der Waals surface area (Å²) in [7, 11) is 3.26. The SMILES string of the molecule is C/C(=C\C(=O)N(C)[C@H](Cc1ccc2ccccc2c1)C(=O)N(C)[C@H](Cc1cccs1)C(=O)NCC(C)(C)CO)CC(C)(C)N. The zero-order valence-corrected chi connectivity index (χ0v) is 27.9. The highest BCUT2D eigenvalue weighted by molar-refractivity contribution is 7.09. The van der Waals surface area contributed by atoms with Gasteiger partial charge < -0.3 is 26.0 Å². The number of rotatable bonds is 14. The van der Waals surface area contributed by atoms with Gasteiger partial charge in [0.05, 0.1) is 0 Å². The second kappa shape index (κ2) is 15.0. The van der Waals surface area contributed by atoms with Crippen molar-refractivity contribution >= 4 is 39.8 Å². The smallest absolute Gasteiger partial charge is 0.246 e. The van der Waals surface area contributed by atoms with Gasteiger partial charge in [0, 0.05) is 62.0 Å². The minimum absolute atomic E-state index is 0.0906. The Kier molecular flexibility index (Phi) is 11.9. The summed E-state index contributed by atoms with van der Waals surface area (Å²) in [4.78, 5) is 45.4. The van der Waals surface area contributed by atoms with E-state index in [9.17, 15) is 19.5 Å². The molecule has 3 amide bonds. The van der Waals surface area contributed by atoms with Gasteiger partial charge in [-0.3, -0.25) is 14.4 Å². The van der Waals surface area contributed by atoms with Crippen molar-refractivity contribution in [3.63, 3.8) is 0 Å². The summed E-state index contributed by atoms with van der Waals surface area (Å²) in [5.41, 5.74) is 6.92. The Morgan fingerprint density at radius 1 is 0.955 bits per heavy atom. The number of aliphatic hydroxyl groups excluding tert-OH is 1. The number of nitrogens with two attached hydrogens (primary N) is 1. The van der Waals surface area contributed by atoms with Crippen LogP contribution in [0.2, 0.25) is 0 Å². The molecule has 238 valence electrons. The second-order valence-corrected chi connectivity index (χ2v) is 14.3. The van der Waals surface area contributed by atoms with E-state index >= 15 is 0 Å². The summed E-state index contributed by atoms with van der Waals surface area (Å²) >= 11 is 1.52. The largest absolute Gasteiger partial charge is 0.396 e. The van der Waals surface area contributed by atoms with Crippen molar-refractivity contribution in [2.24, 2.45) is 11.1 Å². The van der Waals surface area contributed by atoms with E-state index in [0.717, 1.165) is 26.8 Å². The standard InChI is InChI=1S/C35H48N4O4S/c1-24(21-35(4,5)36)17-31(41)38(6)30(19-25-14-15-26-11-8-9-12-27(26)18-25)33(43)39(7)29(20-28-13-10-16-44-28)32(42)37-22-34(2,3)23-40/h8-18,29-30,40H,19-23,36H2,1-7H3,(H,37,42)/b24-17+/t29-,30-/m1/s1. The van der Waals surface area contributed by atoms with Crippen molar-refractivity contribution in [3.8, 4) is 0 Å². The lowest BCUT2D eigenvalue weighted by Crippen LogP contribution is -2.56. The number of hydrogen-bond acceptors (Lipinski definition) is 6. The van der Waals surface area contributed by atoms with E-state index in [1.165, 1.54) is 21.1 Å². The van der Waals surface area contributed by atoms with Gasteiger partial charge in [-0.05, 0) is 55.0 Å². The van der Waals surface area contributed by atoms with E-state index < -0.39 is 23.0 Å². The van der Waals surface area contributed by atoms with Crippen molar-refractivity contribution in [3.05, 3.63) is 82.1 Å². The summed E-state index contributed by atoms with van der Waals surface area (Å²) in [5.74, 6) is -0.948. The van der Waals surface area contributed by atoms with Gasteiger partial charge in [-0.1, -0.05) is 68.0 Å². The van der Waals surface area contributed by atoms with Crippen LogP contribution in [0.3, 0.4) is 0 Å². The molecular formula is C35H48N4O4S. The first-order chi connectivity index (χ1) is 20.6. The molecule has 2 atom stereocenters. The lowest BCUT2D eigenvalue weighted by atomic mass is 9.94. The molecule has 0 aliphatic rings. The number of benzene rings is 2. The van der Waals surface area contributed by atoms with Gasteiger partial charge in [0.15, 0.2) is 0 Å². The predicted molar refractivity (Wildman–Crippen MR) is 179 cm³/mol. The normalized spacial score (nSPS) is 13.8. The van der Waals surface area contributed by atoms with Crippen molar-refractivity contribution in [2.75, 3.05) is 27.2 Å². The van der Waals surface area contributed by atoms with E-state index in [-0.39, 0.29) is 37.3 Å². The molecule has 8 nitrogen and oxygen atoms in total. The minimum atomic E-state index is -0.865. The van der Waals surface area contributed by atoms with Crippen LogP contribution in [0.1, 0.15) is 51.5 Å². The molecule has 9 heteroatoms. The van der Waals surface area contributed by atoms with Crippen LogP contribution in [0.25, 0.3) is 10.8 Å². The summed E-state index contributed by atoms with van der Waals surface area (Å²) in [6.45, 7) is 9.55. The molecule has 0 spiro atoms. The topological polar surface area (TPSA) is 116 Å². The zero-order chi connectivity index (χ0) is 32.7. The van der Waals surface area contributed by atoms with Crippen LogP contribution in [0.4, 0.5) is 0 Å². The number of fused-ring (bicyclic) bond motifs is 1. The molecule has 0 saturated heterocycles. The molecule has 0 unspecified atom stereocenters. The molecule has 2 aromatic carbocycles. The summed E-state index contributed by atoms with van der Waals surface area (Å²) in [5, 5.41) is 16.7. The molecule has 3 rings (SSSR count). The monoisotopic (exact) mass is 620 g/mol. The van der Waals surface area contributed by atoms with Crippen LogP contribution < -0.4 is 11.1 Å². The molecule has 1 aromatic heterocycles. The Bertz CT molecular complexity index is 1460. The van der Waals surface area contributed by atoms with E-state index in [4.69, 9.17) is 5.73 Å². The third kappa shape index (κ3) is 10.0. The van der Waals surface area contributed by atoms with Gasteiger partial charge >= 0.3 is 0 Å². The van der Waals surface area contributed by atoms with Crippen LogP contribution in [0, 0.1) is 5.41 Å². The van der Waals surface area contributed by atoms with Crippen molar-refractivity contribution in [1.82, 2.24) is 15.1 Å². The molecule has 44 heavy (non-hydrogen) atoms. The van der Waals surface area contributed by atoms with Crippen molar-refractivity contribution in [1.29, 1.82) is 0 Å².